The molecule has 0 bridgehead atoms. The summed E-state index contributed by atoms with van der Waals surface area (Å²) in [5, 5.41) is 9.12. The van der Waals surface area contributed by atoms with Gasteiger partial charge in [-0.1, -0.05) is 60.7 Å². The van der Waals surface area contributed by atoms with Crippen molar-refractivity contribution in [2.75, 3.05) is 0 Å². The van der Waals surface area contributed by atoms with Gasteiger partial charge in [0, 0.05) is 11.1 Å². The normalized spacial score (nSPS) is 9.41. The summed E-state index contributed by atoms with van der Waals surface area (Å²) in [6, 6.07) is 22.3. The zero-order valence-corrected chi connectivity index (χ0v) is 9.72. The molecule has 0 amide bonds. The maximum absolute atomic E-state index is 9.12. The van der Waals surface area contributed by atoms with Crippen LogP contribution in [-0.2, 0) is 0 Å². The molecule has 0 N–H and O–H groups in total. The topological polar surface area (TPSA) is 23.8 Å². The van der Waals surface area contributed by atoms with Crippen molar-refractivity contribution in [2.45, 2.75) is 6.92 Å². The van der Waals surface area contributed by atoms with Crippen molar-refractivity contribution in [3.05, 3.63) is 77.4 Å². The minimum absolute atomic E-state index is 0.738. The average Bonchev–Trinajstić information content (AvgIpc) is 2.41. The van der Waals surface area contributed by atoms with Crippen molar-refractivity contribution in [2.24, 2.45) is 0 Å². The quantitative estimate of drug-likeness (QED) is 0.699. The van der Waals surface area contributed by atoms with E-state index in [-0.39, 0.29) is 0 Å². The van der Waals surface area contributed by atoms with E-state index >= 15 is 0 Å². The van der Waals surface area contributed by atoms with Crippen LogP contribution in [0.25, 0.3) is 5.57 Å². The lowest BCUT2D eigenvalue weighted by Gasteiger charge is -2.09. The van der Waals surface area contributed by atoms with Gasteiger partial charge in [-0.2, -0.15) is 5.26 Å². The fourth-order valence-electron chi connectivity index (χ4n) is 1.87. The molecule has 17 heavy (non-hydrogen) atoms. The molecule has 0 unspecified atom stereocenters. The van der Waals surface area contributed by atoms with Crippen LogP contribution >= 0.6 is 0 Å². The van der Waals surface area contributed by atoms with E-state index in [4.69, 9.17) is 5.26 Å². The summed E-state index contributed by atoms with van der Waals surface area (Å²) >= 11 is 0. The molecule has 0 fully saturated rings. The molecule has 2 aromatic carbocycles. The third kappa shape index (κ3) is 2.43. The molecule has 0 saturated carbocycles. The fraction of sp³-hybridized carbons (Fsp3) is 0.0625. The maximum Gasteiger partial charge on any atom is 0.0950 e. The zero-order chi connectivity index (χ0) is 12.1. The minimum Gasteiger partial charge on any atom is -0.193 e. The van der Waals surface area contributed by atoms with E-state index in [1.54, 1.807) is 0 Å². The van der Waals surface area contributed by atoms with Gasteiger partial charge in [0.05, 0.1) is 6.07 Å². The first-order valence-corrected chi connectivity index (χ1v) is 5.54. The molecule has 0 aliphatic carbocycles. The van der Waals surface area contributed by atoms with Crippen LogP contribution in [-0.4, -0.2) is 0 Å². The lowest BCUT2D eigenvalue weighted by molar-refractivity contribution is 1.42. The lowest BCUT2D eigenvalue weighted by atomic mass is 9.94. The van der Waals surface area contributed by atoms with Gasteiger partial charge in [0.1, 0.15) is 0 Å². The molecule has 0 heterocycles. The third-order valence-corrected chi connectivity index (χ3v) is 2.67. The molecular weight excluding hydrogens is 206 g/mol. The molecule has 82 valence electrons. The Hall–Kier alpha value is -2.33. The highest BCUT2D eigenvalue weighted by atomic mass is 14.2. The van der Waals surface area contributed by atoms with Crippen LogP contribution in [0, 0.1) is 11.3 Å². The highest BCUT2D eigenvalue weighted by molar-refractivity contribution is 5.83. The summed E-state index contributed by atoms with van der Waals surface area (Å²) < 4.78 is 0. The monoisotopic (exact) mass is 219 g/mol. The van der Waals surface area contributed by atoms with Crippen LogP contribution in [0.3, 0.4) is 0 Å². The lowest BCUT2D eigenvalue weighted by Crippen LogP contribution is -1.90. The largest absolute Gasteiger partial charge is 0.193 e. The summed E-state index contributed by atoms with van der Waals surface area (Å²) in [7, 11) is 0. The number of hydrogen-bond donors (Lipinski definition) is 0. The van der Waals surface area contributed by atoms with E-state index in [1.807, 2.05) is 67.6 Å². The number of hydrogen-bond acceptors (Lipinski definition) is 1. The van der Waals surface area contributed by atoms with Gasteiger partial charge < -0.3 is 0 Å². The van der Waals surface area contributed by atoms with Gasteiger partial charge in [-0.15, -0.1) is 0 Å². The van der Waals surface area contributed by atoms with Crippen molar-refractivity contribution < 1.29 is 0 Å². The van der Waals surface area contributed by atoms with E-state index in [1.165, 1.54) is 0 Å². The standard InChI is InChI=1S/C16H13N/c1-13(12-17)16(14-8-4-2-5-9-14)15-10-6-3-7-11-15/h2-11H,1H3. The number of nitrogens with zero attached hydrogens (tertiary/aromatic N) is 1. The zero-order valence-electron chi connectivity index (χ0n) is 9.72. The Morgan fingerprint density at radius 1 is 0.824 bits per heavy atom. The molecule has 0 aromatic heterocycles. The second-order valence-electron chi connectivity index (χ2n) is 3.84. The van der Waals surface area contributed by atoms with E-state index in [2.05, 4.69) is 6.07 Å². The van der Waals surface area contributed by atoms with Gasteiger partial charge in [0.25, 0.3) is 0 Å². The predicted molar refractivity (Wildman–Crippen MR) is 70.2 cm³/mol. The molecule has 0 spiro atoms. The molecule has 0 radical (unpaired) electrons. The molecule has 2 aromatic rings. The van der Waals surface area contributed by atoms with Crippen molar-refractivity contribution >= 4 is 5.57 Å². The first-order chi connectivity index (χ1) is 8.33. The van der Waals surface area contributed by atoms with Crippen LogP contribution in [0.1, 0.15) is 18.1 Å². The second-order valence-corrected chi connectivity index (χ2v) is 3.84. The molecule has 0 saturated heterocycles. The van der Waals surface area contributed by atoms with Crippen LogP contribution in [0.2, 0.25) is 0 Å². The first-order valence-electron chi connectivity index (χ1n) is 5.54. The highest BCUT2D eigenvalue weighted by Crippen LogP contribution is 2.26. The van der Waals surface area contributed by atoms with E-state index in [9.17, 15) is 0 Å². The minimum atomic E-state index is 0.738. The van der Waals surface area contributed by atoms with Crippen molar-refractivity contribution in [1.29, 1.82) is 5.26 Å². The summed E-state index contributed by atoms with van der Waals surface area (Å²) in [4.78, 5) is 0. The number of rotatable bonds is 2. The van der Waals surface area contributed by atoms with Crippen molar-refractivity contribution in [3.63, 3.8) is 0 Å². The number of benzene rings is 2. The van der Waals surface area contributed by atoms with Crippen LogP contribution in [0.15, 0.2) is 66.2 Å². The van der Waals surface area contributed by atoms with E-state index in [0.717, 1.165) is 22.3 Å². The summed E-state index contributed by atoms with van der Waals surface area (Å²) in [6.07, 6.45) is 0. The molecule has 1 heteroatoms. The molecule has 1 nitrogen and oxygen atoms in total. The van der Waals surface area contributed by atoms with Gasteiger partial charge in [-0.05, 0) is 18.1 Å². The summed E-state index contributed by atoms with van der Waals surface area (Å²) in [6.45, 7) is 1.86. The van der Waals surface area contributed by atoms with Gasteiger partial charge in [-0.25, -0.2) is 0 Å². The molecule has 0 aliphatic rings. The smallest absolute Gasteiger partial charge is 0.0950 e. The Balaban J connectivity index is 2.61. The van der Waals surface area contributed by atoms with Crippen LogP contribution in [0.4, 0.5) is 0 Å². The van der Waals surface area contributed by atoms with E-state index in [0.29, 0.717) is 0 Å². The molecule has 0 aliphatic heterocycles. The van der Waals surface area contributed by atoms with Crippen LogP contribution in [0.5, 0.6) is 0 Å². The molecule has 0 atom stereocenters. The summed E-state index contributed by atoms with van der Waals surface area (Å²) in [5.41, 5.74) is 3.91. The van der Waals surface area contributed by atoms with Crippen LogP contribution < -0.4 is 0 Å². The Morgan fingerprint density at radius 2 is 1.24 bits per heavy atom. The predicted octanol–water partition coefficient (Wildman–Crippen LogP) is 4.03. The summed E-state index contributed by atoms with van der Waals surface area (Å²) in [5.74, 6) is 0. The van der Waals surface area contributed by atoms with E-state index < -0.39 is 0 Å². The average molecular weight is 219 g/mol. The fourth-order valence-corrected chi connectivity index (χ4v) is 1.87. The first kappa shape index (κ1) is 11.2. The number of nitriles is 1. The van der Waals surface area contributed by atoms with Crippen molar-refractivity contribution in [1.82, 2.24) is 0 Å². The van der Waals surface area contributed by atoms with Gasteiger partial charge in [-0.3, -0.25) is 0 Å². The SMILES string of the molecule is CC(C#N)=C(c1ccccc1)c1ccccc1. The highest BCUT2D eigenvalue weighted by Gasteiger charge is 2.07. The third-order valence-electron chi connectivity index (χ3n) is 2.67. The second kappa shape index (κ2) is 5.14. The van der Waals surface area contributed by atoms with Gasteiger partial charge in [0.2, 0.25) is 0 Å². The molecule has 2 rings (SSSR count). The van der Waals surface area contributed by atoms with Gasteiger partial charge in [0.15, 0.2) is 0 Å². The Bertz CT molecular complexity index is 518. The molecular formula is C16H13N. The number of allylic oxidation sites excluding steroid dienone is 1. The van der Waals surface area contributed by atoms with Gasteiger partial charge >= 0.3 is 0 Å². The Morgan fingerprint density at radius 3 is 1.59 bits per heavy atom. The van der Waals surface area contributed by atoms with Crippen molar-refractivity contribution in [3.8, 4) is 6.07 Å². The maximum atomic E-state index is 9.12. The Labute approximate surface area is 102 Å². The Kier molecular flexibility index (Phi) is 3.37.